The molecule has 23 heavy (non-hydrogen) atoms. The maximum absolute atomic E-state index is 12.2. The van der Waals surface area contributed by atoms with Crippen LogP contribution in [-0.2, 0) is 22.6 Å². The minimum Gasteiger partial charge on any atom is -0.461 e. The number of carbonyl (C=O) groups is 1. The summed E-state index contributed by atoms with van der Waals surface area (Å²) in [5.74, 6) is 0.260. The Balaban J connectivity index is 1.73. The second kappa shape index (κ2) is 6.16. The van der Waals surface area contributed by atoms with E-state index in [0.717, 1.165) is 28.1 Å². The van der Waals surface area contributed by atoms with Crippen LogP contribution in [0.15, 0.2) is 30.6 Å². The lowest BCUT2D eigenvalue weighted by Gasteiger charge is -2.10. The fraction of sp³-hybridized carbons (Fsp3) is 0.294. The predicted molar refractivity (Wildman–Crippen MR) is 84.9 cm³/mol. The molecule has 0 radical (unpaired) electrons. The molecule has 118 valence electrons. The van der Waals surface area contributed by atoms with Crippen molar-refractivity contribution in [2.24, 2.45) is 0 Å². The molecule has 0 saturated carbocycles. The van der Waals surface area contributed by atoms with Gasteiger partial charge in [-0.1, -0.05) is 29.8 Å². The standard InChI is InChI=1S/C17H18N4O2/c1-11-5-4-6-14(7-11)9-23-16(22)8-15-12(2)20-17-18-10-19-21(17)13(15)3/h4-7,10H,8-9H2,1-3H3. The van der Waals surface area contributed by atoms with Crippen LogP contribution in [0.5, 0.6) is 0 Å². The normalized spacial score (nSPS) is 10.9. The molecule has 0 fully saturated rings. The van der Waals surface area contributed by atoms with Gasteiger partial charge in [0.2, 0.25) is 0 Å². The second-order valence-electron chi connectivity index (χ2n) is 5.56. The lowest BCUT2D eigenvalue weighted by molar-refractivity contribution is -0.144. The number of aryl methyl sites for hydroxylation is 3. The average Bonchev–Trinajstić information content (AvgIpc) is 2.98. The molecule has 2 heterocycles. The summed E-state index contributed by atoms with van der Waals surface area (Å²) < 4.78 is 7.01. The quantitative estimate of drug-likeness (QED) is 0.692. The van der Waals surface area contributed by atoms with Crippen molar-refractivity contribution in [1.29, 1.82) is 0 Å². The van der Waals surface area contributed by atoms with Gasteiger partial charge in [-0.05, 0) is 26.3 Å². The molecule has 0 aliphatic heterocycles. The number of fused-ring (bicyclic) bond motifs is 1. The summed E-state index contributed by atoms with van der Waals surface area (Å²) in [6, 6.07) is 7.92. The Morgan fingerprint density at radius 1 is 1.26 bits per heavy atom. The Labute approximate surface area is 134 Å². The van der Waals surface area contributed by atoms with Gasteiger partial charge in [0, 0.05) is 17.0 Å². The molecule has 0 amide bonds. The highest BCUT2D eigenvalue weighted by molar-refractivity contribution is 5.73. The Kier molecular flexibility index (Phi) is 4.06. The number of hydrogen-bond acceptors (Lipinski definition) is 5. The van der Waals surface area contributed by atoms with Crippen molar-refractivity contribution < 1.29 is 9.53 Å². The number of ether oxygens (including phenoxy) is 1. The summed E-state index contributed by atoms with van der Waals surface area (Å²) >= 11 is 0. The molecule has 0 aliphatic rings. The Morgan fingerprint density at radius 3 is 2.87 bits per heavy atom. The zero-order valence-electron chi connectivity index (χ0n) is 13.4. The molecule has 3 aromatic rings. The molecule has 0 saturated heterocycles. The van der Waals surface area contributed by atoms with Crippen LogP contribution in [0.4, 0.5) is 0 Å². The van der Waals surface area contributed by atoms with Crippen molar-refractivity contribution in [3.8, 4) is 0 Å². The van der Waals surface area contributed by atoms with Crippen molar-refractivity contribution in [2.75, 3.05) is 0 Å². The first-order chi connectivity index (χ1) is 11.0. The summed E-state index contributed by atoms with van der Waals surface area (Å²) in [4.78, 5) is 20.6. The summed E-state index contributed by atoms with van der Waals surface area (Å²) in [6.45, 7) is 6.05. The molecular weight excluding hydrogens is 292 g/mol. The zero-order valence-corrected chi connectivity index (χ0v) is 13.4. The van der Waals surface area contributed by atoms with Crippen LogP contribution < -0.4 is 0 Å². The molecule has 0 bridgehead atoms. The third-order valence-corrected chi connectivity index (χ3v) is 3.79. The molecule has 0 atom stereocenters. The number of nitrogens with zero attached hydrogens (tertiary/aromatic N) is 4. The van der Waals surface area contributed by atoms with Crippen molar-refractivity contribution >= 4 is 11.7 Å². The van der Waals surface area contributed by atoms with Crippen LogP contribution in [0.25, 0.3) is 5.78 Å². The fourth-order valence-corrected chi connectivity index (χ4v) is 2.57. The van der Waals surface area contributed by atoms with Gasteiger partial charge in [-0.2, -0.15) is 10.1 Å². The highest BCUT2D eigenvalue weighted by Gasteiger charge is 2.15. The molecule has 0 aliphatic carbocycles. The molecule has 0 unspecified atom stereocenters. The van der Waals surface area contributed by atoms with Crippen LogP contribution in [0, 0.1) is 20.8 Å². The minimum atomic E-state index is -0.279. The zero-order chi connectivity index (χ0) is 16.4. The van der Waals surface area contributed by atoms with E-state index in [2.05, 4.69) is 15.1 Å². The van der Waals surface area contributed by atoms with Crippen LogP contribution in [0.1, 0.15) is 28.1 Å². The lowest BCUT2D eigenvalue weighted by Crippen LogP contribution is -2.13. The highest BCUT2D eigenvalue weighted by Crippen LogP contribution is 2.14. The Bertz CT molecular complexity index is 870. The van der Waals surface area contributed by atoms with Crippen molar-refractivity contribution in [1.82, 2.24) is 19.6 Å². The van der Waals surface area contributed by atoms with E-state index in [1.807, 2.05) is 45.0 Å². The van der Waals surface area contributed by atoms with E-state index in [1.54, 1.807) is 4.52 Å². The fourth-order valence-electron chi connectivity index (χ4n) is 2.57. The first-order valence-corrected chi connectivity index (χ1v) is 7.41. The number of hydrogen-bond donors (Lipinski definition) is 0. The van der Waals surface area contributed by atoms with Gasteiger partial charge in [-0.25, -0.2) is 9.50 Å². The Morgan fingerprint density at radius 2 is 2.09 bits per heavy atom. The van der Waals surface area contributed by atoms with E-state index in [9.17, 15) is 4.79 Å². The van der Waals surface area contributed by atoms with Crippen LogP contribution >= 0.6 is 0 Å². The van der Waals surface area contributed by atoms with E-state index >= 15 is 0 Å². The third-order valence-electron chi connectivity index (χ3n) is 3.79. The molecule has 0 N–H and O–H groups in total. The maximum Gasteiger partial charge on any atom is 0.310 e. The summed E-state index contributed by atoms with van der Waals surface area (Å²) in [5.41, 5.74) is 4.59. The summed E-state index contributed by atoms with van der Waals surface area (Å²) in [6.07, 6.45) is 1.63. The molecule has 0 spiro atoms. The third kappa shape index (κ3) is 3.21. The van der Waals surface area contributed by atoms with Crippen molar-refractivity contribution in [2.45, 2.75) is 33.8 Å². The Hall–Kier alpha value is -2.76. The van der Waals surface area contributed by atoms with Gasteiger partial charge in [-0.15, -0.1) is 0 Å². The second-order valence-corrected chi connectivity index (χ2v) is 5.56. The molecular formula is C17H18N4O2. The van der Waals surface area contributed by atoms with E-state index < -0.39 is 0 Å². The molecule has 6 heteroatoms. The van der Waals surface area contributed by atoms with Crippen LogP contribution in [0.3, 0.4) is 0 Å². The van der Waals surface area contributed by atoms with E-state index in [4.69, 9.17) is 4.74 Å². The smallest absolute Gasteiger partial charge is 0.310 e. The largest absolute Gasteiger partial charge is 0.461 e. The van der Waals surface area contributed by atoms with Crippen LogP contribution in [0.2, 0.25) is 0 Å². The minimum absolute atomic E-state index is 0.173. The number of esters is 1. The van der Waals surface area contributed by atoms with Gasteiger partial charge in [0.05, 0.1) is 6.42 Å². The molecule has 6 nitrogen and oxygen atoms in total. The van der Waals surface area contributed by atoms with Gasteiger partial charge >= 0.3 is 5.97 Å². The lowest BCUT2D eigenvalue weighted by atomic mass is 10.1. The number of benzene rings is 1. The SMILES string of the molecule is Cc1cccc(COC(=O)Cc2c(C)nc3ncnn3c2C)c1. The van der Waals surface area contributed by atoms with E-state index in [1.165, 1.54) is 6.33 Å². The van der Waals surface area contributed by atoms with Gasteiger partial charge in [-0.3, -0.25) is 4.79 Å². The topological polar surface area (TPSA) is 69.4 Å². The summed E-state index contributed by atoms with van der Waals surface area (Å²) in [5, 5.41) is 4.12. The van der Waals surface area contributed by atoms with Gasteiger partial charge in [0.1, 0.15) is 12.9 Å². The summed E-state index contributed by atoms with van der Waals surface area (Å²) in [7, 11) is 0. The van der Waals surface area contributed by atoms with E-state index in [-0.39, 0.29) is 19.0 Å². The average molecular weight is 310 g/mol. The van der Waals surface area contributed by atoms with Gasteiger partial charge in [0.25, 0.3) is 5.78 Å². The molecule has 2 aromatic heterocycles. The number of aromatic nitrogens is 4. The van der Waals surface area contributed by atoms with E-state index in [0.29, 0.717) is 5.78 Å². The molecule has 1 aromatic carbocycles. The highest BCUT2D eigenvalue weighted by atomic mass is 16.5. The van der Waals surface area contributed by atoms with Crippen molar-refractivity contribution in [3.05, 3.63) is 58.7 Å². The van der Waals surface area contributed by atoms with Gasteiger partial charge < -0.3 is 4.74 Å². The number of carbonyl (C=O) groups excluding carboxylic acids is 1. The first-order valence-electron chi connectivity index (χ1n) is 7.41. The molecule has 3 rings (SSSR count). The maximum atomic E-state index is 12.2. The van der Waals surface area contributed by atoms with Crippen molar-refractivity contribution in [3.63, 3.8) is 0 Å². The first kappa shape index (κ1) is 15.1. The van der Waals surface area contributed by atoms with Gasteiger partial charge in [0.15, 0.2) is 0 Å². The predicted octanol–water partition coefficient (Wildman–Crippen LogP) is 2.34. The monoisotopic (exact) mass is 310 g/mol. The van der Waals surface area contributed by atoms with Crippen LogP contribution in [-0.4, -0.2) is 25.6 Å². The number of rotatable bonds is 4.